The van der Waals surface area contributed by atoms with Gasteiger partial charge in [0.05, 0.1) is 5.84 Å². The van der Waals surface area contributed by atoms with Crippen LogP contribution >= 0.6 is 0 Å². The van der Waals surface area contributed by atoms with Crippen molar-refractivity contribution in [3.8, 4) is 0 Å². The summed E-state index contributed by atoms with van der Waals surface area (Å²) < 4.78 is 0. The molecule has 2 nitrogen and oxygen atoms in total. The summed E-state index contributed by atoms with van der Waals surface area (Å²) in [7, 11) is 0. The molecule has 1 saturated carbocycles. The van der Waals surface area contributed by atoms with Crippen molar-refractivity contribution in [2.75, 3.05) is 0 Å². The third kappa shape index (κ3) is 1.62. The molecule has 12 heavy (non-hydrogen) atoms. The number of hydrogen-bond donors (Lipinski definition) is 2. The molecule has 3 N–H and O–H groups in total. The second-order valence-electron chi connectivity index (χ2n) is 5.41. The van der Waals surface area contributed by atoms with Gasteiger partial charge in [-0.05, 0) is 24.2 Å². The van der Waals surface area contributed by atoms with Crippen LogP contribution < -0.4 is 5.73 Å². The summed E-state index contributed by atoms with van der Waals surface area (Å²) in [5.41, 5.74) is 5.96. The normalized spacial score (nSPS) is 34.8. The monoisotopic (exact) mass is 168 g/mol. The zero-order chi connectivity index (χ0) is 9.57. The van der Waals surface area contributed by atoms with Crippen LogP contribution in [0.25, 0.3) is 0 Å². The van der Waals surface area contributed by atoms with Crippen LogP contribution in [0.5, 0.6) is 0 Å². The van der Waals surface area contributed by atoms with E-state index in [0.717, 1.165) is 12.8 Å². The van der Waals surface area contributed by atoms with Gasteiger partial charge in [0.15, 0.2) is 0 Å². The second kappa shape index (κ2) is 2.48. The summed E-state index contributed by atoms with van der Waals surface area (Å²) in [5, 5.41) is 7.55. The van der Waals surface area contributed by atoms with Gasteiger partial charge in [0.25, 0.3) is 0 Å². The lowest BCUT2D eigenvalue weighted by atomic mass is 9.81. The molecular weight excluding hydrogens is 148 g/mol. The van der Waals surface area contributed by atoms with Crippen molar-refractivity contribution in [2.24, 2.45) is 22.5 Å². The number of rotatable bonds is 2. The molecule has 0 spiro atoms. The van der Waals surface area contributed by atoms with Gasteiger partial charge in [-0.1, -0.05) is 27.7 Å². The third-order valence-corrected chi connectivity index (χ3v) is 2.84. The molecule has 1 fully saturated rings. The van der Waals surface area contributed by atoms with Gasteiger partial charge in [-0.2, -0.15) is 0 Å². The second-order valence-corrected chi connectivity index (χ2v) is 5.41. The minimum atomic E-state index is 0.0538. The van der Waals surface area contributed by atoms with E-state index in [1.54, 1.807) is 0 Å². The van der Waals surface area contributed by atoms with Crippen LogP contribution in [0.3, 0.4) is 0 Å². The molecule has 0 aromatic rings. The Hall–Kier alpha value is -0.530. The Morgan fingerprint density at radius 3 is 2.08 bits per heavy atom. The van der Waals surface area contributed by atoms with E-state index in [2.05, 4.69) is 27.7 Å². The maximum absolute atomic E-state index is 7.55. The van der Waals surface area contributed by atoms with Crippen molar-refractivity contribution in [1.82, 2.24) is 0 Å². The number of nitrogens with one attached hydrogen (secondary N) is 1. The molecule has 0 aromatic carbocycles. The topological polar surface area (TPSA) is 49.9 Å². The largest absolute Gasteiger partial charge is 0.387 e. The predicted octanol–water partition coefficient (Wildman–Crippen LogP) is 2.38. The molecule has 0 amide bonds. The standard InChI is InChI=1S/C10H20N2/c1-7-5-10(7,8(11)12)6-9(2,3)4/h7H,5-6H2,1-4H3,(H3,11,12). The lowest BCUT2D eigenvalue weighted by molar-refractivity contribution is 0.313. The van der Waals surface area contributed by atoms with E-state index in [1.165, 1.54) is 0 Å². The molecular formula is C10H20N2. The molecule has 0 heterocycles. The smallest absolute Gasteiger partial charge is 0.0971 e. The number of amidine groups is 1. The van der Waals surface area contributed by atoms with Crippen LogP contribution in [0.4, 0.5) is 0 Å². The Bertz CT molecular complexity index is 202. The summed E-state index contributed by atoms with van der Waals surface area (Å²) in [6.45, 7) is 8.82. The maximum Gasteiger partial charge on any atom is 0.0971 e. The fraction of sp³-hybridized carbons (Fsp3) is 0.900. The van der Waals surface area contributed by atoms with Crippen molar-refractivity contribution in [3.05, 3.63) is 0 Å². The Morgan fingerprint density at radius 1 is 1.58 bits per heavy atom. The fourth-order valence-electron chi connectivity index (χ4n) is 2.15. The lowest BCUT2D eigenvalue weighted by Gasteiger charge is -2.25. The van der Waals surface area contributed by atoms with E-state index in [0.29, 0.717) is 11.8 Å². The first kappa shape index (κ1) is 9.56. The number of hydrogen-bond acceptors (Lipinski definition) is 1. The minimum absolute atomic E-state index is 0.0538. The molecule has 0 aliphatic heterocycles. The fourth-order valence-corrected chi connectivity index (χ4v) is 2.15. The Labute approximate surface area is 75.0 Å². The lowest BCUT2D eigenvalue weighted by Crippen LogP contribution is -2.29. The third-order valence-electron chi connectivity index (χ3n) is 2.84. The van der Waals surface area contributed by atoms with Crippen LogP contribution in [0.1, 0.15) is 40.5 Å². The van der Waals surface area contributed by atoms with Gasteiger partial charge in [0.2, 0.25) is 0 Å². The average molecular weight is 168 g/mol. The van der Waals surface area contributed by atoms with Gasteiger partial charge >= 0.3 is 0 Å². The molecule has 2 atom stereocenters. The molecule has 0 bridgehead atoms. The van der Waals surface area contributed by atoms with E-state index >= 15 is 0 Å². The van der Waals surface area contributed by atoms with Gasteiger partial charge in [-0.15, -0.1) is 0 Å². The van der Waals surface area contributed by atoms with Crippen molar-refractivity contribution >= 4 is 5.84 Å². The summed E-state index contributed by atoms with van der Waals surface area (Å²) in [6, 6.07) is 0. The van der Waals surface area contributed by atoms with Crippen molar-refractivity contribution in [1.29, 1.82) is 5.41 Å². The predicted molar refractivity (Wildman–Crippen MR) is 52.2 cm³/mol. The summed E-state index contributed by atoms with van der Waals surface area (Å²) in [4.78, 5) is 0. The van der Waals surface area contributed by atoms with Crippen LogP contribution in [-0.4, -0.2) is 5.84 Å². The first-order valence-corrected chi connectivity index (χ1v) is 4.62. The SMILES string of the molecule is CC1CC1(CC(C)(C)C)C(=N)N. The van der Waals surface area contributed by atoms with Gasteiger partial charge in [0.1, 0.15) is 0 Å². The highest BCUT2D eigenvalue weighted by Gasteiger charge is 2.55. The van der Waals surface area contributed by atoms with Crippen LogP contribution in [0.15, 0.2) is 0 Å². The molecule has 0 aromatic heterocycles. The highest BCUT2D eigenvalue weighted by molar-refractivity contribution is 5.86. The molecule has 0 saturated heterocycles. The first-order valence-electron chi connectivity index (χ1n) is 4.62. The van der Waals surface area contributed by atoms with E-state index in [-0.39, 0.29) is 10.8 Å². The average Bonchev–Trinajstić information content (AvgIpc) is 2.38. The summed E-state index contributed by atoms with van der Waals surface area (Å²) >= 11 is 0. The molecule has 2 heteroatoms. The van der Waals surface area contributed by atoms with E-state index in [1.807, 2.05) is 0 Å². The molecule has 0 radical (unpaired) electrons. The van der Waals surface area contributed by atoms with Crippen molar-refractivity contribution < 1.29 is 0 Å². The minimum Gasteiger partial charge on any atom is -0.387 e. The van der Waals surface area contributed by atoms with Crippen LogP contribution in [0.2, 0.25) is 0 Å². The van der Waals surface area contributed by atoms with E-state index in [4.69, 9.17) is 11.1 Å². The zero-order valence-corrected chi connectivity index (χ0v) is 8.57. The molecule has 1 aliphatic rings. The van der Waals surface area contributed by atoms with Crippen LogP contribution in [-0.2, 0) is 0 Å². The molecule has 1 aliphatic carbocycles. The van der Waals surface area contributed by atoms with Crippen LogP contribution in [0, 0.1) is 22.2 Å². The maximum atomic E-state index is 7.55. The van der Waals surface area contributed by atoms with Crippen molar-refractivity contribution in [3.63, 3.8) is 0 Å². The quantitative estimate of drug-likeness (QED) is 0.482. The van der Waals surface area contributed by atoms with Gasteiger partial charge in [-0.25, -0.2) is 0 Å². The molecule has 70 valence electrons. The Balaban J connectivity index is 2.66. The number of nitrogens with two attached hydrogens (primary N) is 1. The summed E-state index contributed by atoms with van der Waals surface area (Å²) in [5.74, 6) is 1.01. The summed E-state index contributed by atoms with van der Waals surface area (Å²) in [6.07, 6.45) is 2.16. The molecule has 1 rings (SSSR count). The highest BCUT2D eigenvalue weighted by Crippen LogP contribution is 2.58. The first-order chi connectivity index (χ1) is 5.28. The Morgan fingerprint density at radius 2 is 2.00 bits per heavy atom. The molecule has 2 unspecified atom stereocenters. The van der Waals surface area contributed by atoms with E-state index in [9.17, 15) is 0 Å². The van der Waals surface area contributed by atoms with Gasteiger partial charge in [-0.3, -0.25) is 5.41 Å². The highest BCUT2D eigenvalue weighted by atomic mass is 14.8. The van der Waals surface area contributed by atoms with Gasteiger partial charge < -0.3 is 5.73 Å². The van der Waals surface area contributed by atoms with Crippen molar-refractivity contribution in [2.45, 2.75) is 40.5 Å². The Kier molecular flexibility index (Phi) is 1.97. The zero-order valence-electron chi connectivity index (χ0n) is 8.57. The van der Waals surface area contributed by atoms with E-state index < -0.39 is 0 Å². The van der Waals surface area contributed by atoms with Gasteiger partial charge in [0, 0.05) is 5.41 Å².